The minimum atomic E-state index is -4.21. The average molecular weight is 397 g/mol. The van der Waals surface area contributed by atoms with Crippen LogP contribution < -0.4 is 9.88 Å². The number of hydrogen-bond acceptors (Lipinski definition) is 4. The lowest BCUT2D eigenvalue weighted by molar-refractivity contribution is 0.0696. The van der Waals surface area contributed by atoms with Gasteiger partial charge in [0.2, 0.25) is 10.0 Å². The number of carboxylic acids is 1. The van der Waals surface area contributed by atoms with Crippen LogP contribution >= 0.6 is 0 Å². The van der Waals surface area contributed by atoms with Crippen LogP contribution in [0.3, 0.4) is 0 Å². The summed E-state index contributed by atoms with van der Waals surface area (Å²) >= 11 is 0. The molecule has 3 aromatic carbocycles. The predicted octanol–water partition coefficient (Wildman–Crippen LogP) is 4.05. The van der Waals surface area contributed by atoms with Crippen LogP contribution in [0.4, 0.5) is 0 Å². The quantitative estimate of drug-likeness (QED) is 0.652. The maximum atomic E-state index is 12.3. The number of aryl methyl sites for hydroxylation is 1. The number of nitrogens with two attached hydrogens (primary N) is 1. The number of rotatable bonds is 6. The van der Waals surface area contributed by atoms with E-state index in [-0.39, 0.29) is 21.8 Å². The second kappa shape index (κ2) is 7.84. The van der Waals surface area contributed by atoms with Crippen molar-refractivity contribution < 1.29 is 23.1 Å². The number of primary sulfonamides is 1. The van der Waals surface area contributed by atoms with Gasteiger partial charge in [0.25, 0.3) is 0 Å². The van der Waals surface area contributed by atoms with Gasteiger partial charge in [0, 0.05) is 5.56 Å². The Hall–Kier alpha value is -3.16. The Morgan fingerprint density at radius 3 is 2.25 bits per heavy atom. The SMILES string of the molecule is CCc1ccccc1Oc1cc(C(=O)O)cc(S(N)(=O)=O)c1-c1ccccc1. The number of carbonyl (C=O) groups is 1. The highest BCUT2D eigenvalue weighted by Crippen LogP contribution is 2.40. The monoisotopic (exact) mass is 397 g/mol. The van der Waals surface area contributed by atoms with E-state index >= 15 is 0 Å². The van der Waals surface area contributed by atoms with E-state index in [1.807, 2.05) is 19.1 Å². The van der Waals surface area contributed by atoms with Crippen molar-refractivity contribution in [2.45, 2.75) is 18.2 Å². The summed E-state index contributed by atoms with van der Waals surface area (Å²) in [5.74, 6) is -0.653. The fraction of sp³-hybridized carbons (Fsp3) is 0.0952. The summed E-state index contributed by atoms with van der Waals surface area (Å²) in [6.45, 7) is 1.96. The van der Waals surface area contributed by atoms with Crippen LogP contribution in [0, 0.1) is 0 Å². The molecule has 6 nitrogen and oxygen atoms in total. The lowest BCUT2D eigenvalue weighted by atomic mass is 10.0. The molecular formula is C21H19NO5S. The molecule has 28 heavy (non-hydrogen) atoms. The van der Waals surface area contributed by atoms with Crippen molar-refractivity contribution in [1.29, 1.82) is 0 Å². The Morgan fingerprint density at radius 1 is 1.00 bits per heavy atom. The summed E-state index contributed by atoms with van der Waals surface area (Å²) in [6, 6.07) is 18.4. The Morgan fingerprint density at radius 2 is 1.64 bits per heavy atom. The van der Waals surface area contributed by atoms with Gasteiger partial charge in [0.15, 0.2) is 0 Å². The molecule has 7 heteroatoms. The normalized spacial score (nSPS) is 11.2. The molecule has 0 aromatic heterocycles. The summed E-state index contributed by atoms with van der Waals surface area (Å²) in [7, 11) is -4.21. The molecular weight excluding hydrogens is 378 g/mol. The Balaban J connectivity index is 2.33. The minimum absolute atomic E-state index is 0.107. The summed E-state index contributed by atoms with van der Waals surface area (Å²) in [5.41, 5.74) is 1.44. The van der Waals surface area contributed by atoms with E-state index in [1.165, 1.54) is 6.07 Å². The molecule has 144 valence electrons. The molecule has 3 N–H and O–H groups in total. The van der Waals surface area contributed by atoms with Gasteiger partial charge in [0.1, 0.15) is 11.5 Å². The van der Waals surface area contributed by atoms with Gasteiger partial charge >= 0.3 is 5.97 Å². The van der Waals surface area contributed by atoms with Gasteiger partial charge in [-0.3, -0.25) is 0 Å². The second-order valence-corrected chi connectivity index (χ2v) is 7.66. The molecule has 0 spiro atoms. The highest BCUT2D eigenvalue weighted by atomic mass is 32.2. The van der Waals surface area contributed by atoms with E-state index in [4.69, 9.17) is 9.88 Å². The first-order chi connectivity index (χ1) is 13.3. The molecule has 0 heterocycles. The van der Waals surface area contributed by atoms with Crippen molar-refractivity contribution in [3.8, 4) is 22.6 Å². The average Bonchev–Trinajstić information content (AvgIpc) is 2.67. The number of para-hydroxylation sites is 1. The van der Waals surface area contributed by atoms with Gasteiger partial charge in [0.05, 0.1) is 10.5 Å². The third-order valence-electron chi connectivity index (χ3n) is 4.26. The van der Waals surface area contributed by atoms with Crippen molar-refractivity contribution >= 4 is 16.0 Å². The first-order valence-electron chi connectivity index (χ1n) is 8.56. The molecule has 0 aliphatic rings. The molecule has 0 saturated heterocycles. The molecule has 0 saturated carbocycles. The predicted molar refractivity (Wildman–Crippen MR) is 106 cm³/mol. The fourth-order valence-corrected chi connectivity index (χ4v) is 3.72. The van der Waals surface area contributed by atoms with Gasteiger partial charge in [-0.1, -0.05) is 55.5 Å². The smallest absolute Gasteiger partial charge is 0.335 e. The first kappa shape index (κ1) is 19.6. The Bertz CT molecular complexity index is 1120. The van der Waals surface area contributed by atoms with Crippen LogP contribution in [0.1, 0.15) is 22.8 Å². The summed E-state index contributed by atoms with van der Waals surface area (Å²) in [4.78, 5) is 11.3. The second-order valence-electron chi connectivity index (χ2n) is 6.13. The van der Waals surface area contributed by atoms with E-state index in [9.17, 15) is 18.3 Å². The van der Waals surface area contributed by atoms with Crippen molar-refractivity contribution in [3.63, 3.8) is 0 Å². The number of hydrogen-bond donors (Lipinski definition) is 2. The fourth-order valence-electron chi connectivity index (χ4n) is 2.92. The number of ether oxygens (including phenoxy) is 1. The van der Waals surface area contributed by atoms with Crippen LogP contribution in [0.5, 0.6) is 11.5 Å². The highest BCUT2D eigenvalue weighted by molar-refractivity contribution is 7.89. The summed E-state index contributed by atoms with van der Waals surface area (Å²) in [5, 5.41) is 14.8. The van der Waals surface area contributed by atoms with Crippen molar-refractivity contribution in [1.82, 2.24) is 0 Å². The van der Waals surface area contributed by atoms with E-state index in [0.717, 1.165) is 11.6 Å². The van der Waals surface area contributed by atoms with Crippen LogP contribution in [0.2, 0.25) is 0 Å². The molecule has 0 aliphatic heterocycles. The Kier molecular flexibility index (Phi) is 5.48. The van der Waals surface area contributed by atoms with Gasteiger partial charge in [-0.15, -0.1) is 0 Å². The molecule has 0 bridgehead atoms. The molecule has 3 rings (SSSR count). The maximum absolute atomic E-state index is 12.3. The summed E-state index contributed by atoms with van der Waals surface area (Å²) in [6.07, 6.45) is 0.692. The van der Waals surface area contributed by atoms with Gasteiger partial charge in [-0.25, -0.2) is 18.4 Å². The number of carboxylic acid groups (broad SMARTS) is 1. The van der Waals surface area contributed by atoms with Crippen LogP contribution in [0.25, 0.3) is 11.1 Å². The number of sulfonamides is 1. The highest BCUT2D eigenvalue weighted by Gasteiger charge is 2.24. The number of benzene rings is 3. The molecule has 0 amide bonds. The van der Waals surface area contributed by atoms with Crippen LogP contribution in [0.15, 0.2) is 71.6 Å². The zero-order valence-corrected chi connectivity index (χ0v) is 15.9. The molecule has 3 aromatic rings. The zero-order valence-electron chi connectivity index (χ0n) is 15.1. The van der Waals surface area contributed by atoms with Crippen molar-refractivity contribution in [2.75, 3.05) is 0 Å². The lowest BCUT2D eigenvalue weighted by Gasteiger charge is -2.17. The van der Waals surface area contributed by atoms with Gasteiger partial charge < -0.3 is 9.84 Å². The molecule has 0 atom stereocenters. The third-order valence-corrected chi connectivity index (χ3v) is 5.19. The lowest BCUT2D eigenvalue weighted by Crippen LogP contribution is -2.15. The third kappa shape index (κ3) is 4.05. The van der Waals surface area contributed by atoms with Crippen LogP contribution in [-0.2, 0) is 16.4 Å². The maximum Gasteiger partial charge on any atom is 0.335 e. The van der Waals surface area contributed by atoms with Crippen LogP contribution in [-0.4, -0.2) is 19.5 Å². The molecule has 0 fully saturated rings. The first-order valence-corrected chi connectivity index (χ1v) is 10.1. The zero-order chi connectivity index (χ0) is 20.3. The summed E-state index contributed by atoms with van der Waals surface area (Å²) < 4.78 is 30.5. The molecule has 0 radical (unpaired) electrons. The van der Waals surface area contributed by atoms with E-state index in [1.54, 1.807) is 42.5 Å². The molecule has 0 aliphatic carbocycles. The minimum Gasteiger partial charge on any atom is -0.478 e. The standard InChI is InChI=1S/C21H19NO5S/c1-2-14-8-6-7-11-17(14)27-18-12-16(21(23)24)13-19(28(22,25)26)20(18)15-9-4-3-5-10-15/h3-13H,2H2,1H3,(H,23,24)(H2,22,25,26). The van der Waals surface area contributed by atoms with E-state index in [2.05, 4.69) is 0 Å². The van der Waals surface area contributed by atoms with Gasteiger partial charge in [-0.2, -0.15) is 0 Å². The van der Waals surface area contributed by atoms with E-state index < -0.39 is 16.0 Å². The van der Waals surface area contributed by atoms with Crippen molar-refractivity contribution in [3.05, 3.63) is 77.9 Å². The largest absolute Gasteiger partial charge is 0.478 e. The van der Waals surface area contributed by atoms with E-state index in [0.29, 0.717) is 17.7 Å². The Labute approximate surface area is 163 Å². The number of aromatic carboxylic acids is 1. The molecule has 0 unspecified atom stereocenters. The topological polar surface area (TPSA) is 107 Å². The van der Waals surface area contributed by atoms with Crippen molar-refractivity contribution in [2.24, 2.45) is 5.14 Å². The van der Waals surface area contributed by atoms with Gasteiger partial charge in [-0.05, 0) is 35.7 Å².